The molecule has 0 spiro atoms. The highest BCUT2D eigenvalue weighted by Gasteiger charge is 2.13. The number of benzene rings is 2. The van der Waals surface area contributed by atoms with Crippen LogP contribution in [0.5, 0.6) is 23.0 Å². The molecule has 1 N–H and O–H groups in total. The summed E-state index contributed by atoms with van der Waals surface area (Å²) in [6.07, 6.45) is 0.961. The van der Waals surface area contributed by atoms with Gasteiger partial charge in [-0.05, 0) is 41.8 Å². The van der Waals surface area contributed by atoms with Crippen molar-refractivity contribution in [2.24, 2.45) is 0 Å². The number of rotatable bonds is 9. The fourth-order valence-corrected chi connectivity index (χ4v) is 2.80. The van der Waals surface area contributed by atoms with Gasteiger partial charge in [0.15, 0.2) is 23.0 Å². The molecule has 0 fully saturated rings. The normalized spacial score (nSPS) is 11.7. The van der Waals surface area contributed by atoms with E-state index in [1.54, 1.807) is 28.4 Å². The van der Waals surface area contributed by atoms with E-state index < -0.39 is 0 Å². The van der Waals surface area contributed by atoms with Gasteiger partial charge in [0.25, 0.3) is 0 Å². The third kappa shape index (κ3) is 4.57. The smallest absolute Gasteiger partial charge is 0.161 e. The van der Waals surface area contributed by atoms with Gasteiger partial charge in [0, 0.05) is 12.6 Å². The monoisotopic (exact) mass is 345 g/mol. The molecule has 2 aromatic carbocycles. The van der Waals surface area contributed by atoms with Crippen LogP contribution in [0.1, 0.15) is 30.5 Å². The van der Waals surface area contributed by atoms with E-state index in [0.717, 1.165) is 41.5 Å². The van der Waals surface area contributed by atoms with Crippen molar-refractivity contribution in [3.05, 3.63) is 47.5 Å². The Morgan fingerprint density at radius 2 is 1.32 bits per heavy atom. The maximum Gasteiger partial charge on any atom is 0.161 e. The van der Waals surface area contributed by atoms with Crippen LogP contribution in [-0.2, 0) is 6.54 Å². The van der Waals surface area contributed by atoms with Crippen LogP contribution in [0.15, 0.2) is 36.4 Å². The predicted octanol–water partition coefficient (Wildman–Crippen LogP) is 3.96. The molecule has 5 heteroatoms. The molecule has 2 rings (SSSR count). The second kappa shape index (κ2) is 9.18. The fourth-order valence-electron chi connectivity index (χ4n) is 2.80. The molecule has 0 bridgehead atoms. The van der Waals surface area contributed by atoms with E-state index in [2.05, 4.69) is 18.3 Å². The molecule has 2 aromatic rings. The molecule has 1 atom stereocenters. The minimum atomic E-state index is 0.216. The third-order valence-corrected chi connectivity index (χ3v) is 4.22. The van der Waals surface area contributed by atoms with Crippen LogP contribution in [-0.4, -0.2) is 28.4 Å². The Hall–Kier alpha value is -2.40. The van der Waals surface area contributed by atoms with E-state index in [0.29, 0.717) is 0 Å². The first-order chi connectivity index (χ1) is 12.2. The summed E-state index contributed by atoms with van der Waals surface area (Å²) >= 11 is 0. The topological polar surface area (TPSA) is 49.0 Å². The van der Waals surface area contributed by atoms with Gasteiger partial charge in [-0.2, -0.15) is 0 Å². The van der Waals surface area contributed by atoms with Crippen LogP contribution >= 0.6 is 0 Å². The molecule has 0 aliphatic heterocycles. The van der Waals surface area contributed by atoms with Gasteiger partial charge in [-0.15, -0.1) is 0 Å². The summed E-state index contributed by atoms with van der Waals surface area (Å²) in [5.74, 6) is 2.95. The van der Waals surface area contributed by atoms with Gasteiger partial charge in [-0.1, -0.05) is 19.1 Å². The quantitative estimate of drug-likeness (QED) is 0.745. The summed E-state index contributed by atoms with van der Waals surface area (Å²) in [5, 5.41) is 3.59. The van der Waals surface area contributed by atoms with Crippen LogP contribution in [0.25, 0.3) is 0 Å². The van der Waals surface area contributed by atoms with Crippen molar-refractivity contribution in [1.29, 1.82) is 0 Å². The van der Waals surface area contributed by atoms with Crippen molar-refractivity contribution >= 4 is 0 Å². The molecular formula is C20H27NO4. The molecule has 0 saturated heterocycles. The van der Waals surface area contributed by atoms with Gasteiger partial charge in [-0.3, -0.25) is 0 Å². The molecule has 0 radical (unpaired) electrons. The first-order valence-electron chi connectivity index (χ1n) is 8.33. The highest BCUT2D eigenvalue weighted by atomic mass is 16.5. The van der Waals surface area contributed by atoms with E-state index in [4.69, 9.17) is 18.9 Å². The van der Waals surface area contributed by atoms with Crippen molar-refractivity contribution in [3.8, 4) is 23.0 Å². The molecule has 0 aliphatic carbocycles. The Bertz CT molecular complexity index is 687. The number of methoxy groups -OCH3 is 4. The maximum absolute atomic E-state index is 5.41. The SMILES string of the molecule is CCC(NCc1ccc(OC)c(OC)c1)c1ccc(OC)c(OC)c1. The summed E-state index contributed by atoms with van der Waals surface area (Å²) in [6, 6.07) is 12.2. The first kappa shape index (κ1) is 18.9. The lowest BCUT2D eigenvalue weighted by atomic mass is 10.0. The minimum Gasteiger partial charge on any atom is -0.493 e. The van der Waals surface area contributed by atoms with Crippen molar-refractivity contribution in [3.63, 3.8) is 0 Å². The van der Waals surface area contributed by atoms with E-state index in [9.17, 15) is 0 Å². The Morgan fingerprint density at radius 1 is 0.760 bits per heavy atom. The summed E-state index contributed by atoms with van der Waals surface area (Å²) in [4.78, 5) is 0. The van der Waals surface area contributed by atoms with E-state index >= 15 is 0 Å². The maximum atomic E-state index is 5.41. The van der Waals surface area contributed by atoms with Gasteiger partial charge >= 0.3 is 0 Å². The second-order valence-corrected chi connectivity index (χ2v) is 5.65. The van der Waals surface area contributed by atoms with Crippen molar-refractivity contribution in [2.45, 2.75) is 25.9 Å². The molecule has 0 aromatic heterocycles. The molecule has 0 aliphatic rings. The van der Waals surface area contributed by atoms with Crippen LogP contribution in [0.2, 0.25) is 0 Å². The predicted molar refractivity (Wildman–Crippen MR) is 99.0 cm³/mol. The summed E-state index contributed by atoms with van der Waals surface area (Å²) in [7, 11) is 6.58. The first-order valence-corrected chi connectivity index (χ1v) is 8.33. The number of ether oxygens (including phenoxy) is 4. The molecular weight excluding hydrogens is 318 g/mol. The van der Waals surface area contributed by atoms with Gasteiger partial charge in [0.05, 0.1) is 28.4 Å². The number of hydrogen-bond acceptors (Lipinski definition) is 5. The highest BCUT2D eigenvalue weighted by Crippen LogP contribution is 2.31. The highest BCUT2D eigenvalue weighted by molar-refractivity contribution is 5.44. The van der Waals surface area contributed by atoms with E-state index in [-0.39, 0.29) is 6.04 Å². The summed E-state index contributed by atoms with van der Waals surface area (Å²) < 4.78 is 21.4. The van der Waals surface area contributed by atoms with Gasteiger partial charge in [0.2, 0.25) is 0 Å². The van der Waals surface area contributed by atoms with Crippen molar-refractivity contribution in [1.82, 2.24) is 5.32 Å². The van der Waals surface area contributed by atoms with E-state index in [1.165, 1.54) is 5.56 Å². The largest absolute Gasteiger partial charge is 0.493 e. The second-order valence-electron chi connectivity index (χ2n) is 5.65. The zero-order valence-corrected chi connectivity index (χ0v) is 15.6. The van der Waals surface area contributed by atoms with Gasteiger partial charge in [-0.25, -0.2) is 0 Å². The molecule has 0 heterocycles. The lowest BCUT2D eigenvalue weighted by Crippen LogP contribution is -2.20. The molecule has 1 unspecified atom stereocenters. The Balaban J connectivity index is 2.12. The van der Waals surface area contributed by atoms with Crippen LogP contribution < -0.4 is 24.3 Å². The minimum absolute atomic E-state index is 0.216. The van der Waals surface area contributed by atoms with Crippen molar-refractivity contribution < 1.29 is 18.9 Å². The Morgan fingerprint density at radius 3 is 1.88 bits per heavy atom. The molecule has 25 heavy (non-hydrogen) atoms. The zero-order valence-electron chi connectivity index (χ0n) is 15.6. The van der Waals surface area contributed by atoms with Crippen LogP contribution in [0.4, 0.5) is 0 Å². The number of hydrogen-bond donors (Lipinski definition) is 1. The molecule has 5 nitrogen and oxygen atoms in total. The average Bonchev–Trinajstić information content (AvgIpc) is 2.67. The average molecular weight is 345 g/mol. The molecule has 0 saturated carbocycles. The third-order valence-electron chi connectivity index (χ3n) is 4.22. The lowest BCUT2D eigenvalue weighted by molar-refractivity contribution is 0.353. The van der Waals surface area contributed by atoms with E-state index in [1.807, 2.05) is 30.3 Å². The zero-order chi connectivity index (χ0) is 18.2. The van der Waals surface area contributed by atoms with Crippen molar-refractivity contribution in [2.75, 3.05) is 28.4 Å². The van der Waals surface area contributed by atoms with Gasteiger partial charge in [0.1, 0.15) is 0 Å². The molecule has 0 amide bonds. The standard InChI is InChI=1S/C20H27NO4/c1-6-16(15-8-10-18(23-3)20(12-15)25-5)21-13-14-7-9-17(22-2)19(11-14)24-4/h7-12,16,21H,6,13H2,1-5H3. The lowest BCUT2D eigenvalue weighted by Gasteiger charge is -2.19. The fraction of sp³-hybridized carbons (Fsp3) is 0.400. The van der Waals surface area contributed by atoms with Crippen LogP contribution in [0.3, 0.4) is 0 Å². The van der Waals surface area contributed by atoms with Crippen LogP contribution in [0, 0.1) is 0 Å². The Kier molecular flexibility index (Phi) is 6.95. The Labute approximate surface area is 149 Å². The molecule has 136 valence electrons. The van der Waals surface area contributed by atoms with Gasteiger partial charge < -0.3 is 24.3 Å². The summed E-state index contributed by atoms with van der Waals surface area (Å²) in [6.45, 7) is 2.89. The number of nitrogens with one attached hydrogen (secondary N) is 1. The summed E-state index contributed by atoms with van der Waals surface area (Å²) in [5.41, 5.74) is 2.30.